The van der Waals surface area contributed by atoms with E-state index in [1.54, 1.807) is 22.7 Å². The number of ether oxygens (including phenoxy) is 1. The van der Waals surface area contributed by atoms with Gasteiger partial charge in [0.1, 0.15) is 29.3 Å². The monoisotopic (exact) mass is 1000 g/mol. The number of aromatic nitrogens is 4. The highest BCUT2D eigenvalue weighted by Crippen LogP contribution is 2.39. The van der Waals surface area contributed by atoms with E-state index in [0.29, 0.717) is 6.41 Å². The Morgan fingerprint density at radius 3 is 2.17 bits per heavy atom. The molecule has 2 aliphatic heterocycles. The smallest absolute Gasteiger partial charge is 0.259 e. The Balaban J connectivity index is 0.000000326. The minimum absolute atomic E-state index is 0.000409. The van der Waals surface area contributed by atoms with Crippen molar-refractivity contribution in [3.63, 3.8) is 0 Å². The van der Waals surface area contributed by atoms with Gasteiger partial charge in [-0.1, -0.05) is 103 Å². The minimum Gasteiger partial charge on any atom is -0.435 e. The number of fused-ring (bicyclic) bond motifs is 3. The average molecular weight is 1000 g/mol. The predicted molar refractivity (Wildman–Crippen MR) is 283 cm³/mol. The molecule has 5 aromatic rings. The van der Waals surface area contributed by atoms with E-state index in [0.717, 1.165) is 83.7 Å². The van der Waals surface area contributed by atoms with E-state index in [2.05, 4.69) is 92.9 Å². The largest absolute Gasteiger partial charge is 0.435 e. The first kappa shape index (κ1) is 59.4. The number of likely N-dealkylation sites (tertiary alicyclic amines) is 1. The van der Waals surface area contributed by atoms with Gasteiger partial charge in [0.05, 0.1) is 33.9 Å². The molecule has 0 saturated carbocycles. The van der Waals surface area contributed by atoms with Crippen molar-refractivity contribution in [2.45, 2.75) is 134 Å². The van der Waals surface area contributed by atoms with Crippen LogP contribution in [0.3, 0.4) is 0 Å². The first-order valence-corrected chi connectivity index (χ1v) is 25.4. The van der Waals surface area contributed by atoms with E-state index < -0.39 is 0 Å². The van der Waals surface area contributed by atoms with Crippen LogP contribution in [0.5, 0.6) is 0 Å². The van der Waals surface area contributed by atoms with Crippen LogP contribution in [0.2, 0.25) is 5.02 Å². The van der Waals surface area contributed by atoms with Crippen LogP contribution >= 0.6 is 34.3 Å². The molecule has 0 spiro atoms. The molecule has 3 amide bonds. The normalized spacial score (nSPS) is 14.5. The topological polar surface area (TPSA) is 173 Å². The number of thiophene rings is 1. The molecule has 3 aromatic heterocycles. The summed E-state index contributed by atoms with van der Waals surface area (Å²) in [4.78, 5) is 54.9. The number of carbonyl (C=O) groups excluding carboxylic acids is 4. The zero-order chi connectivity index (χ0) is 51.7. The summed E-state index contributed by atoms with van der Waals surface area (Å²) in [7, 11) is 1.96. The SMILES string of the molecule is CC.CC.CC(NC(=O)COC#CNC=O)C(C)(C)C.CC[C@@H]1N=C(c2ccc(Cl)cc2)c2c(sc(C)c2C)-n2c(C)nnc21.CNCc1ccc(-c2scnc2C)cc1.O=C[C@@H]1CCCN1C=O. The quantitative estimate of drug-likeness (QED) is 0.0661. The Morgan fingerprint density at radius 2 is 1.64 bits per heavy atom. The van der Waals surface area contributed by atoms with E-state index in [4.69, 9.17) is 21.3 Å². The van der Waals surface area contributed by atoms with Gasteiger partial charge in [-0.3, -0.25) is 29.3 Å². The standard InChI is InChI=1S/C19H19ClN4S.C12H14N2S.C11H18N2O3.C6H9NO2.2C2H6/c1-5-15-18-23-22-12(4)24(18)19-16(10(2)11(3)25-19)17(21-15)13-6-8-14(20)9-7-13;1-9-12(15-8-14-9)11-5-3-10(4-6-11)7-13-2;1-9(11(2,3)4)13-10(15)7-16-6-5-12-8-14;8-4-6-2-1-3-7(6)5-9;2*1-2/h6-9,15H,5H2,1-4H3;3-6,8,13H,7H2,1-2H3;8-9H,7H2,1-4H3,(H,12,14)(H,13,15);4-6H,1-3H2;2*1-2H3/t15-;;;6-;;/m0..0../s1. The molecular weight excluding hydrogens is 930 g/mol. The second-order valence-electron chi connectivity index (χ2n) is 16.4. The molecule has 0 bridgehead atoms. The number of thiazole rings is 1. The van der Waals surface area contributed by atoms with Gasteiger partial charge in [0.2, 0.25) is 12.8 Å². The highest BCUT2D eigenvalue weighted by Gasteiger charge is 2.30. The van der Waals surface area contributed by atoms with E-state index >= 15 is 0 Å². The van der Waals surface area contributed by atoms with Gasteiger partial charge in [-0.2, -0.15) is 0 Å². The Kier molecular flexibility index (Phi) is 26.4. The molecule has 0 aliphatic carbocycles. The fourth-order valence-corrected chi connectivity index (χ4v) is 8.77. The number of hydrogen-bond acceptors (Lipinski definition) is 12. The van der Waals surface area contributed by atoms with Gasteiger partial charge in [0.15, 0.2) is 12.4 Å². The average Bonchev–Trinajstić information content (AvgIpc) is 4.14. The molecule has 1 saturated heterocycles. The Bertz CT molecular complexity index is 2430. The number of nitrogens with one attached hydrogen (secondary N) is 3. The number of halogens is 1. The molecule has 17 heteroatoms. The molecule has 1 fully saturated rings. The number of aliphatic imine (C=N–C) groups is 1. The van der Waals surface area contributed by atoms with E-state index in [1.165, 1.54) is 36.9 Å². The molecule has 5 heterocycles. The minimum atomic E-state index is -0.233. The molecule has 3 N–H and O–H groups in total. The Hall–Kier alpha value is -5.73. The van der Waals surface area contributed by atoms with Gasteiger partial charge in [0.25, 0.3) is 5.91 Å². The second kappa shape index (κ2) is 30.7. The van der Waals surface area contributed by atoms with Crippen molar-refractivity contribution in [3.8, 4) is 27.6 Å². The van der Waals surface area contributed by atoms with Gasteiger partial charge in [0, 0.05) is 40.2 Å². The lowest BCUT2D eigenvalue weighted by molar-refractivity contribution is -0.125. The summed E-state index contributed by atoms with van der Waals surface area (Å²) in [6.45, 7) is 28.1. The summed E-state index contributed by atoms with van der Waals surface area (Å²) in [5, 5.41) is 18.7. The van der Waals surface area contributed by atoms with Crippen LogP contribution in [0.4, 0.5) is 0 Å². The summed E-state index contributed by atoms with van der Waals surface area (Å²) >= 11 is 9.57. The third-order valence-electron chi connectivity index (χ3n) is 10.9. The highest BCUT2D eigenvalue weighted by molar-refractivity contribution is 7.15. The first-order chi connectivity index (χ1) is 33.1. The summed E-state index contributed by atoms with van der Waals surface area (Å²) in [6, 6.07) is 18.7. The van der Waals surface area contributed by atoms with E-state index in [1.807, 2.05) is 106 Å². The number of aldehydes is 1. The van der Waals surface area contributed by atoms with Gasteiger partial charge in [-0.05, 0) is 95.2 Å². The first-order valence-electron chi connectivity index (χ1n) is 23.3. The van der Waals surface area contributed by atoms with Crippen LogP contribution in [-0.4, -0.2) is 87.7 Å². The number of hydrogen-bond donors (Lipinski definition) is 3. The van der Waals surface area contributed by atoms with Crippen molar-refractivity contribution in [3.05, 3.63) is 104 Å². The van der Waals surface area contributed by atoms with Crippen molar-refractivity contribution in [2.75, 3.05) is 20.2 Å². The number of benzene rings is 2. The van der Waals surface area contributed by atoms with Gasteiger partial charge in [-0.25, -0.2) is 4.98 Å². The summed E-state index contributed by atoms with van der Waals surface area (Å²) in [5.41, 5.74) is 10.1. The van der Waals surface area contributed by atoms with Crippen molar-refractivity contribution >= 4 is 65.0 Å². The number of amides is 3. The van der Waals surface area contributed by atoms with Crippen LogP contribution in [0.1, 0.15) is 132 Å². The molecule has 7 rings (SSSR count). The summed E-state index contributed by atoms with van der Waals surface area (Å²) < 4.78 is 6.90. The molecule has 69 heavy (non-hydrogen) atoms. The maximum atomic E-state index is 11.3. The number of aryl methyl sites for hydroxylation is 3. The lowest BCUT2D eigenvalue weighted by Crippen LogP contribution is -2.42. The van der Waals surface area contributed by atoms with E-state index in [-0.39, 0.29) is 36.1 Å². The summed E-state index contributed by atoms with van der Waals surface area (Å²) in [5.74, 6) is 1.60. The van der Waals surface area contributed by atoms with Gasteiger partial charge < -0.3 is 25.1 Å². The maximum Gasteiger partial charge on any atom is 0.259 e. The lowest BCUT2D eigenvalue weighted by atomic mass is 9.88. The van der Waals surface area contributed by atoms with Gasteiger partial charge >= 0.3 is 0 Å². The molecule has 3 atom stereocenters. The van der Waals surface area contributed by atoms with Crippen LogP contribution in [0.25, 0.3) is 15.4 Å². The fraction of sp³-hybridized carbons (Fsp3) is 0.462. The molecular formula is C52H72ClN9O5S2. The molecule has 2 aliphatic rings. The zero-order valence-corrected chi connectivity index (χ0v) is 45.2. The van der Waals surface area contributed by atoms with Crippen molar-refractivity contribution in [1.82, 2.24) is 40.6 Å². The zero-order valence-electron chi connectivity index (χ0n) is 42.8. The Morgan fingerprint density at radius 1 is 0.986 bits per heavy atom. The van der Waals surface area contributed by atoms with Crippen LogP contribution in [0, 0.1) is 45.3 Å². The van der Waals surface area contributed by atoms with Crippen molar-refractivity contribution < 1.29 is 23.9 Å². The Labute approximate surface area is 423 Å². The predicted octanol–water partition coefficient (Wildman–Crippen LogP) is 10.1. The maximum absolute atomic E-state index is 11.3. The van der Waals surface area contributed by atoms with Crippen LogP contribution < -0.4 is 16.0 Å². The van der Waals surface area contributed by atoms with Gasteiger partial charge in [-0.15, -0.1) is 32.9 Å². The number of rotatable bonds is 11. The highest BCUT2D eigenvalue weighted by atomic mass is 35.5. The number of carbonyl (C=O) groups is 4. The van der Waals surface area contributed by atoms with E-state index in [9.17, 15) is 19.2 Å². The third kappa shape index (κ3) is 17.6. The van der Waals surface area contributed by atoms with Crippen LogP contribution in [-0.2, 0) is 30.5 Å². The molecule has 14 nitrogen and oxygen atoms in total. The van der Waals surface area contributed by atoms with Crippen molar-refractivity contribution in [2.24, 2.45) is 10.4 Å². The van der Waals surface area contributed by atoms with Crippen LogP contribution in [0.15, 0.2) is 59.0 Å². The third-order valence-corrected chi connectivity index (χ3v) is 13.3. The lowest BCUT2D eigenvalue weighted by Gasteiger charge is -2.27. The fourth-order valence-electron chi connectivity index (χ4n) is 6.61. The molecule has 374 valence electrons. The number of nitrogens with zero attached hydrogens (tertiary/aromatic N) is 6. The molecule has 1 unspecified atom stereocenters. The second-order valence-corrected chi connectivity index (χ2v) is 18.9. The van der Waals surface area contributed by atoms with Crippen molar-refractivity contribution in [1.29, 1.82) is 0 Å². The molecule has 0 radical (unpaired) electrons. The molecule has 2 aromatic carbocycles. The summed E-state index contributed by atoms with van der Waals surface area (Å²) in [6.07, 6.45) is 6.85.